The lowest BCUT2D eigenvalue weighted by molar-refractivity contribution is 0.0826. The van der Waals surface area contributed by atoms with Gasteiger partial charge in [-0.1, -0.05) is 36.4 Å². The Labute approximate surface area is 146 Å². The quantitative estimate of drug-likeness (QED) is 0.874. The average molecular weight is 345 g/mol. The van der Waals surface area contributed by atoms with Gasteiger partial charge < -0.3 is 15.3 Å². The fourth-order valence-electron chi connectivity index (χ4n) is 2.83. The number of hydrogen-bond acceptors (Lipinski definition) is 4. The number of rotatable bonds is 5. The Morgan fingerprint density at radius 3 is 2.54 bits per heavy atom. The number of carbonyl (C=O) groups is 1. The highest BCUT2D eigenvalue weighted by Gasteiger charge is 2.23. The maximum absolute atomic E-state index is 12.2. The number of aliphatic hydroxyl groups is 1. The third-order valence-electron chi connectivity index (χ3n) is 4.25. The second-order valence-electron chi connectivity index (χ2n) is 5.96. The second-order valence-corrected chi connectivity index (χ2v) is 6.94. The second kappa shape index (κ2) is 8.28. The SMILES string of the molecule is O=C(NCc1ccccc1)N1CCN(CC(O)c2cccs2)CC1. The highest BCUT2D eigenvalue weighted by atomic mass is 32.1. The highest BCUT2D eigenvalue weighted by Crippen LogP contribution is 2.20. The van der Waals surface area contributed by atoms with E-state index in [1.54, 1.807) is 11.3 Å². The smallest absolute Gasteiger partial charge is 0.317 e. The van der Waals surface area contributed by atoms with E-state index in [1.807, 2.05) is 52.7 Å². The van der Waals surface area contributed by atoms with E-state index >= 15 is 0 Å². The molecular weight excluding hydrogens is 322 g/mol. The molecule has 0 spiro atoms. The minimum Gasteiger partial charge on any atom is -0.386 e. The van der Waals surface area contributed by atoms with Crippen molar-refractivity contribution in [3.63, 3.8) is 0 Å². The molecule has 0 saturated carbocycles. The maximum atomic E-state index is 12.2. The van der Waals surface area contributed by atoms with Crippen LogP contribution in [0.1, 0.15) is 16.5 Å². The first-order valence-corrected chi connectivity index (χ1v) is 9.11. The molecule has 0 bridgehead atoms. The summed E-state index contributed by atoms with van der Waals surface area (Å²) in [5.41, 5.74) is 1.10. The van der Waals surface area contributed by atoms with Crippen LogP contribution in [-0.2, 0) is 6.54 Å². The molecule has 2 N–H and O–H groups in total. The van der Waals surface area contributed by atoms with Crippen LogP contribution < -0.4 is 5.32 Å². The molecule has 5 nitrogen and oxygen atoms in total. The van der Waals surface area contributed by atoms with Crippen LogP contribution in [0.5, 0.6) is 0 Å². The molecule has 2 heterocycles. The van der Waals surface area contributed by atoms with Gasteiger partial charge in [-0.15, -0.1) is 11.3 Å². The third-order valence-corrected chi connectivity index (χ3v) is 5.22. The summed E-state index contributed by atoms with van der Waals surface area (Å²) in [4.78, 5) is 17.3. The van der Waals surface area contributed by atoms with E-state index in [2.05, 4.69) is 10.2 Å². The number of nitrogens with zero attached hydrogens (tertiary/aromatic N) is 2. The van der Waals surface area contributed by atoms with Crippen molar-refractivity contribution >= 4 is 17.4 Å². The Morgan fingerprint density at radius 1 is 1.12 bits per heavy atom. The fraction of sp³-hybridized carbons (Fsp3) is 0.389. The first kappa shape index (κ1) is 17.0. The summed E-state index contributed by atoms with van der Waals surface area (Å²) in [6.45, 7) is 4.15. The molecule has 1 atom stereocenters. The average Bonchev–Trinajstić information content (AvgIpc) is 3.16. The third kappa shape index (κ3) is 4.56. The van der Waals surface area contributed by atoms with Gasteiger partial charge >= 0.3 is 6.03 Å². The number of aliphatic hydroxyl groups excluding tert-OH is 1. The van der Waals surface area contributed by atoms with E-state index < -0.39 is 6.10 Å². The van der Waals surface area contributed by atoms with Crippen molar-refractivity contribution in [2.24, 2.45) is 0 Å². The first-order chi connectivity index (χ1) is 11.7. The Morgan fingerprint density at radius 2 is 1.88 bits per heavy atom. The lowest BCUT2D eigenvalue weighted by atomic mass is 10.2. The first-order valence-electron chi connectivity index (χ1n) is 8.23. The standard InChI is InChI=1S/C18H23N3O2S/c22-16(17-7-4-12-24-17)14-20-8-10-21(11-9-20)18(23)19-13-15-5-2-1-3-6-15/h1-7,12,16,22H,8-11,13-14H2,(H,19,23). The summed E-state index contributed by atoms with van der Waals surface area (Å²) in [6.07, 6.45) is -0.441. The predicted molar refractivity (Wildman–Crippen MR) is 96.0 cm³/mol. The molecule has 1 unspecified atom stereocenters. The van der Waals surface area contributed by atoms with Crippen LogP contribution in [0.3, 0.4) is 0 Å². The molecule has 1 aliphatic rings. The molecule has 0 radical (unpaired) electrons. The number of amides is 2. The van der Waals surface area contributed by atoms with Crippen LogP contribution in [0.2, 0.25) is 0 Å². The molecule has 2 aromatic rings. The normalized spacial score (nSPS) is 16.8. The number of hydrogen-bond donors (Lipinski definition) is 2. The van der Waals surface area contributed by atoms with Crippen LogP contribution >= 0.6 is 11.3 Å². The topological polar surface area (TPSA) is 55.8 Å². The molecular formula is C18H23N3O2S. The summed E-state index contributed by atoms with van der Waals surface area (Å²) in [6, 6.07) is 13.8. The number of benzene rings is 1. The zero-order valence-corrected chi connectivity index (χ0v) is 14.4. The molecule has 2 amide bonds. The van der Waals surface area contributed by atoms with Gasteiger partial charge in [-0.3, -0.25) is 4.90 Å². The van der Waals surface area contributed by atoms with Crippen LogP contribution in [0.15, 0.2) is 47.8 Å². The monoisotopic (exact) mass is 345 g/mol. The van der Waals surface area contributed by atoms with Crippen LogP contribution in [0.4, 0.5) is 4.79 Å². The Hall–Kier alpha value is -1.89. The van der Waals surface area contributed by atoms with E-state index in [9.17, 15) is 9.90 Å². The van der Waals surface area contributed by atoms with Gasteiger partial charge in [-0.05, 0) is 17.0 Å². The van der Waals surface area contributed by atoms with Gasteiger partial charge in [0.05, 0.1) is 0 Å². The number of β-amino-alcohol motifs (C(OH)–C–C–N with tert-alkyl or cyclic N) is 1. The van der Waals surface area contributed by atoms with Crippen molar-refractivity contribution in [3.8, 4) is 0 Å². The molecule has 1 aromatic carbocycles. The maximum Gasteiger partial charge on any atom is 0.317 e. The molecule has 3 rings (SSSR count). The van der Waals surface area contributed by atoms with Gasteiger partial charge in [0, 0.05) is 44.1 Å². The number of carbonyl (C=O) groups excluding carboxylic acids is 1. The van der Waals surface area contributed by atoms with Crippen molar-refractivity contribution in [3.05, 3.63) is 58.3 Å². The molecule has 1 aromatic heterocycles. The Kier molecular flexibility index (Phi) is 5.85. The largest absolute Gasteiger partial charge is 0.386 e. The van der Waals surface area contributed by atoms with Crippen LogP contribution in [-0.4, -0.2) is 53.7 Å². The number of nitrogens with one attached hydrogen (secondary N) is 1. The fourth-order valence-corrected chi connectivity index (χ4v) is 3.54. The van der Waals surface area contributed by atoms with Gasteiger partial charge in [0.25, 0.3) is 0 Å². The van der Waals surface area contributed by atoms with Gasteiger partial charge in [0.2, 0.25) is 0 Å². The van der Waals surface area contributed by atoms with Crippen molar-refractivity contribution < 1.29 is 9.90 Å². The molecule has 128 valence electrons. The zero-order chi connectivity index (χ0) is 16.8. The van der Waals surface area contributed by atoms with Crippen molar-refractivity contribution in [1.29, 1.82) is 0 Å². The van der Waals surface area contributed by atoms with E-state index in [4.69, 9.17) is 0 Å². The van der Waals surface area contributed by atoms with Gasteiger partial charge in [-0.25, -0.2) is 4.79 Å². The van der Waals surface area contributed by atoms with E-state index in [-0.39, 0.29) is 6.03 Å². The van der Waals surface area contributed by atoms with Crippen molar-refractivity contribution in [2.75, 3.05) is 32.7 Å². The van der Waals surface area contributed by atoms with Crippen molar-refractivity contribution in [2.45, 2.75) is 12.6 Å². The molecule has 24 heavy (non-hydrogen) atoms. The van der Waals surface area contributed by atoms with E-state index in [0.29, 0.717) is 26.2 Å². The minimum absolute atomic E-state index is 0.0164. The van der Waals surface area contributed by atoms with Gasteiger partial charge in [0.1, 0.15) is 6.10 Å². The van der Waals surface area contributed by atoms with Crippen LogP contribution in [0.25, 0.3) is 0 Å². The Bertz CT molecular complexity index is 625. The summed E-state index contributed by atoms with van der Waals surface area (Å²) in [5.74, 6) is 0. The summed E-state index contributed by atoms with van der Waals surface area (Å²) in [7, 11) is 0. The molecule has 1 saturated heterocycles. The molecule has 1 fully saturated rings. The minimum atomic E-state index is -0.441. The van der Waals surface area contributed by atoms with Crippen LogP contribution in [0, 0.1) is 0 Å². The summed E-state index contributed by atoms with van der Waals surface area (Å²) < 4.78 is 0. The molecule has 6 heteroatoms. The predicted octanol–water partition coefficient (Wildman–Crippen LogP) is 2.31. The number of thiophene rings is 1. The van der Waals surface area contributed by atoms with Crippen molar-refractivity contribution in [1.82, 2.24) is 15.1 Å². The molecule has 0 aliphatic carbocycles. The summed E-state index contributed by atoms with van der Waals surface area (Å²) in [5, 5.41) is 15.2. The number of urea groups is 1. The lowest BCUT2D eigenvalue weighted by Crippen LogP contribution is -2.52. The zero-order valence-electron chi connectivity index (χ0n) is 13.6. The highest BCUT2D eigenvalue weighted by molar-refractivity contribution is 7.10. The van der Waals surface area contributed by atoms with Gasteiger partial charge in [-0.2, -0.15) is 0 Å². The van der Waals surface area contributed by atoms with E-state index in [1.165, 1.54) is 0 Å². The summed E-state index contributed by atoms with van der Waals surface area (Å²) >= 11 is 1.58. The molecule has 1 aliphatic heterocycles. The van der Waals surface area contributed by atoms with Gasteiger partial charge in [0.15, 0.2) is 0 Å². The lowest BCUT2D eigenvalue weighted by Gasteiger charge is -2.35. The Balaban J connectivity index is 1.40. The number of piperazine rings is 1. The van der Waals surface area contributed by atoms with E-state index in [0.717, 1.165) is 23.5 Å².